The van der Waals surface area contributed by atoms with Gasteiger partial charge in [-0.15, -0.1) is 0 Å². The van der Waals surface area contributed by atoms with E-state index in [-0.39, 0.29) is 11.5 Å². The fourth-order valence-corrected chi connectivity index (χ4v) is 4.02. The van der Waals surface area contributed by atoms with E-state index in [0.29, 0.717) is 24.6 Å². The van der Waals surface area contributed by atoms with Crippen LogP contribution in [0.5, 0.6) is 0 Å². The van der Waals surface area contributed by atoms with Crippen molar-refractivity contribution in [3.05, 3.63) is 83.3 Å². The number of nitrogens with zero attached hydrogens (tertiary/aromatic N) is 6. The van der Waals surface area contributed by atoms with Crippen LogP contribution >= 0.6 is 0 Å². The largest absolute Gasteiger partial charge is 0.368 e. The van der Waals surface area contributed by atoms with Gasteiger partial charge in [0.1, 0.15) is 6.33 Å². The molecule has 3 heterocycles. The van der Waals surface area contributed by atoms with E-state index in [1.54, 1.807) is 6.20 Å². The van der Waals surface area contributed by atoms with E-state index in [2.05, 4.69) is 37.3 Å². The van der Waals surface area contributed by atoms with Gasteiger partial charge >= 0.3 is 5.69 Å². The lowest BCUT2D eigenvalue weighted by Crippen LogP contribution is -2.47. The molecule has 1 N–H and O–H groups in total. The number of pyridine rings is 1. The molecule has 0 bridgehead atoms. The Hall–Kier alpha value is -4.27. The summed E-state index contributed by atoms with van der Waals surface area (Å²) in [5.41, 5.74) is 2.53. The number of hydrogen-bond acceptors (Lipinski definition) is 8. The smallest absolute Gasteiger partial charge is 0.353 e. The highest BCUT2D eigenvalue weighted by Gasteiger charge is 2.29. The van der Waals surface area contributed by atoms with Crippen LogP contribution in [0.3, 0.4) is 0 Å². The van der Waals surface area contributed by atoms with Crippen LogP contribution in [0.1, 0.15) is 0 Å². The fraction of sp³-hybridized carbons (Fsp3) is 0.174. The van der Waals surface area contributed by atoms with Crippen LogP contribution in [-0.2, 0) is 0 Å². The predicted molar refractivity (Wildman–Crippen MR) is 125 cm³/mol. The van der Waals surface area contributed by atoms with Crippen LogP contribution in [0.2, 0.25) is 0 Å². The number of piperazine rings is 1. The second-order valence-corrected chi connectivity index (χ2v) is 7.46. The molecule has 2 aromatic heterocycles. The number of aromatic nitrogens is 3. The minimum atomic E-state index is -0.412. The van der Waals surface area contributed by atoms with Gasteiger partial charge in [0.05, 0.1) is 10.4 Å². The summed E-state index contributed by atoms with van der Waals surface area (Å²) in [6, 6.07) is 19.5. The topological polar surface area (TPSA) is 100 Å². The molecular formula is C23H21N7O2. The van der Waals surface area contributed by atoms with Crippen LogP contribution in [0.4, 0.5) is 28.7 Å². The van der Waals surface area contributed by atoms with Crippen molar-refractivity contribution in [3.63, 3.8) is 0 Å². The molecule has 9 nitrogen and oxygen atoms in total. The van der Waals surface area contributed by atoms with Gasteiger partial charge in [-0.2, -0.15) is 0 Å². The summed E-state index contributed by atoms with van der Waals surface area (Å²) in [4.78, 5) is 28.7. The van der Waals surface area contributed by atoms with Crippen molar-refractivity contribution >= 4 is 39.6 Å². The van der Waals surface area contributed by atoms with Gasteiger partial charge in [-0.05, 0) is 36.4 Å². The number of hydrogen-bond donors (Lipinski definition) is 1. The predicted octanol–water partition coefficient (Wildman–Crippen LogP) is 4.00. The first-order valence-corrected chi connectivity index (χ1v) is 10.4. The zero-order chi connectivity index (χ0) is 21.9. The third-order valence-electron chi connectivity index (χ3n) is 5.58. The van der Waals surface area contributed by atoms with Gasteiger partial charge in [0.25, 0.3) is 0 Å². The van der Waals surface area contributed by atoms with Crippen molar-refractivity contribution in [2.75, 3.05) is 41.3 Å². The summed E-state index contributed by atoms with van der Waals surface area (Å²) >= 11 is 0. The van der Waals surface area contributed by atoms with E-state index in [1.807, 2.05) is 53.4 Å². The van der Waals surface area contributed by atoms with Crippen LogP contribution < -0.4 is 15.1 Å². The number of nitrogens with one attached hydrogen (secondary N) is 1. The van der Waals surface area contributed by atoms with Crippen molar-refractivity contribution < 1.29 is 4.92 Å². The summed E-state index contributed by atoms with van der Waals surface area (Å²) in [5.74, 6) is 0.500. The molecule has 2 aromatic carbocycles. The first-order chi connectivity index (χ1) is 15.7. The third-order valence-corrected chi connectivity index (χ3v) is 5.58. The molecule has 4 aromatic rings. The second-order valence-electron chi connectivity index (χ2n) is 7.46. The Balaban J connectivity index is 1.43. The first-order valence-electron chi connectivity index (χ1n) is 10.4. The van der Waals surface area contributed by atoms with Gasteiger partial charge in [-0.1, -0.05) is 24.3 Å². The van der Waals surface area contributed by atoms with Crippen molar-refractivity contribution in [1.29, 1.82) is 0 Å². The molecule has 160 valence electrons. The Labute approximate surface area is 184 Å². The average Bonchev–Trinajstić information content (AvgIpc) is 2.85. The van der Waals surface area contributed by atoms with Crippen LogP contribution in [0.25, 0.3) is 10.9 Å². The lowest BCUT2D eigenvalue weighted by atomic mass is 10.2. The maximum absolute atomic E-state index is 12.1. The third kappa shape index (κ3) is 3.76. The molecule has 9 heteroatoms. The fourth-order valence-electron chi connectivity index (χ4n) is 4.02. The van der Waals surface area contributed by atoms with Gasteiger partial charge in [-0.3, -0.25) is 15.1 Å². The first kappa shape index (κ1) is 19.7. The summed E-state index contributed by atoms with van der Waals surface area (Å²) in [6.07, 6.45) is 3.09. The molecule has 0 spiro atoms. The zero-order valence-electron chi connectivity index (χ0n) is 17.3. The van der Waals surface area contributed by atoms with Crippen molar-refractivity contribution in [1.82, 2.24) is 15.0 Å². The van der Waals surface area contributed by atoms with Crippen LogP contribution in [-0.4, -0.2) is 46.1 Å². The van der Waals surface area contributed by atoms with E-state index in [4.69, 9.17) is 0 Å². The Morgan fingerprint density at radius 2 is 1.62 bits per heavy atom. The lowest BCUT2D eigenvalue weighted by Gasteiger charge is -2.36. The Morgan fingerprint density at radius 3 is 2.41 bits per heavy atom. The Morgan fingerprint density at radius 1 is 0.844 bits per heavy atom. The van der Waals surface area contributed by atoms with Gasteiger partial charge in [0.2, 0.25) is 11.6 Å². The Kier molecular flexibility index (Phi) is 5.20. The molecule has 0 aliphatic carbocycles. The highest BCUT2D eigenvalue weighted by Crippen LogP contribution is 2.35. The Bertz CT molecular complexity index is 1250. The standard InChI is InChI=1S/C23H21N7O2/c31-30(32)21-22(27-20-10-4-9-19-18(20)8-5-11-24-19)25-16-26-23(21)29-14-12-28(13-15-29)17-6-2-1-3-7-17/h1-11,16H,12-15H2,(H,25,26,27). The van der Waals surface area contributed by atoms with E-state index >= 15 is 0 Å². The van der Waals surface area contributed by atoms with E-state index in [0.717, 1.165) is 29.7 Å². The zero-order valence-corrected chi connectivity index (χ0v) is 17.3. The van der Waals surface area contributed by atoms with E-state index in [1.165, 1.54) is 6.33 Å². The maximum Gasteiger partial charge on any atom is 0.353 e. The van der Waals surface area contributed by atoms with Gasteiger partial charge in [-0.25, -0.2) is 9.97 Å². The molecule has 1 aliphatic heterocycles. The molecule has 0 amide bonds. The van der Waals surface area contributed by atoms with Crippen LogP contribution in [0.15, 0.2) is 73.2 Å². The summed E-state index contributed by atoms with van der Waals surface area (Å²) < 4.78 is 0. The lowest BCUT2D eigenvalue weighted by molar-refractivity contribution is -0.383. The second kappa shape index (κ2) is 8.46. The minimum absolute atomic E-state index is 0.124. The molecule has 32 heavy (non-hydrogen) atoms. The number of rotatable bonds is 5. The monoisotopic (exact) mass is 427 g/mol. The van der Waals surface area contributed by atoms with Crippen molar-refractivity contribution in [3.8, 4) is 0 Å². The van der Waals surface area contributed by atoms with Crippen molar-refractivity contribution in [2.45, 2.75) is 0 Å². The summed E-state index contributed by atoms with van der Waals surface area (Å²) in [6.45, 7) is 2.76. The molecule has 0 atom stereocenters. The SMILES string of the molecule is O=[N+]([O-])c1c(Nc2cccc3ncccc23)ncnc1N1CCN(c2ccccc2)CC1. The number of anilines is 4. The summed E-state index contributed by atoms with van der Waals surface area (Å²) in [5, 5.41) is 16.1. The molecule has 5 rings (SSSR count). The molecule has 0 saturated carbocycles. The normalized spacial score (nSPS) is 13.9. The number of para-hydroxylation sites is 1. The molecule has 0 radical (unpaired) electrons. The number of benzene rings is 2. The maximum atomic E-state index is 12.1. The number of nitro groups is 1. The van der Waals surface area contributed by atoms with Crippen molar-refractivity contribution in [2.24, 2.45) is 0 Å². The number of fused-ring (bicyclic) bond motifs is 1. The molecule has 1 saturated heterocycles. The molecule has 0 unspecified atom stereocenters. The van der Waals surface area contributed by atoms with Gasteiger partial charge < -0.3 is 15.1 Å². The van der Waals surface area contributed by atoms with E-state index in [9.17, 15) is 10.1 Å². The minimum Gasteiger partial charge on any atom is -0.368 e. The summed E-state index contributed by atoms with van der Waals surface area (Å²) in [7, 11) is 0. The molecule has 1 aliphatic rings. The highest BCUT2D eigenvalue weighted by atomic mass is 16.6. The quantitative estimate of drug-likeness (QED) is 0.377. The molecule has 1 fully saturated rings. The molecular weight excluding hydrogens is 406 g/mol. The van der Waals surface area contributed by atoms with E-state index < -0.39 is 4.92 Å². The average molecular weight is 427 g/mol. The highest BCUT2D eigenvalue weighted by molar-refractivity contribution is 5.93. The van der Waals surface area contributed by atoms with Crippen LogP contribution in [0, 0.1) is 10.1 Å². The van der Waals surface area contributed by atoms with Gasteiger partial charge in [0.15, 0.2) is 0 Å². The van der Waals surface area contributed by atoms with Gasteiger partial charge in [0, 0.05) is 49.1 Å².